The van der Waals surface area contributed by atoms with E-state index < -0.39 is 6.10 Å². The summed E-state index contributed by atoms with van der Waals surface area (Å²) >= 11 is 0. The molecule has 0 aliphatic rings. The van der Waals surface area contributed by atoms with Crippen molar-refractivity contribution in [2.45, 2.75) is 349 Å². The van der Waals surface area contributed by atoms with E-state index in [0.29, 0.717) is 19.3 Å². The molecule has 1 atom stereocenters. The predicted molar refractivity (Wildman–Crippen MR) is 289 cm³/mol. The van der Waals surface area contributed by atoms with E-state index in [9.17, 15) is 14.4 Å². The normalized spacial score (nSPS) is 12.0. The molecule has 6 heteroatoms. The van der Waals surface area contributed by atoms with Crippen LogP contribution in [0.5, 0.6) is 0 Å². The van der Waals surface area contributed by atoms with Crippen molar-refractivity contribution in [3.05, 3.63) is 0 Å². The zero-order valence-electron chi connectivity index (χ0n) is 46.0. The Morgan fingerprint density at radius 2 is 0.493 bits per heavy atom. The fourth-order valence-corrected chi connectivity index (χ4v) is 9.40. The van der Waals surface area contributed by atoms with E-state index in [1.54, 1.807) is 0 Å². The first-order valence-electron chi connectivity index (χ1n) is 30.2. The van der Waals surface area contributed by atoms with Crippen LogP contribution in [0.15, 0.2) is 0 Å². The van der Waals surface area contributed by atoms with Gasteiger partial charge in [-0.05, 0) is 31.1 Å². The number of carbonyl (C=O) groups is 3. The number of ether oxygens (including phenoxy) is 3. The minimum absolute atomic E-state index is 0.0625. The third-order valence-electron chi connectivity index (χ3n) is 14.0. The average molecular weight is 948 g/mol. The number of hydrogen-bond donors (Lipinski definition) is 0. The molecule has 398 valence electrons. The Labute approximate surface area is 418 Å². The van der Waals surface area contributed by atoms with Gasteiger partial charge in [0.05, 0.1) is 0 Å². The summed E-state index contributed by atoms with van der Waals surface area (Å²) in [5, 5.41) is 0. The fourth-order valence-electron chi connectivity index (χ4n) is 9.40. The first-order chi connectivity index (χ1) is 32.7. The molecule has 0 N–H and O–H groups in total. The van der Waals surface area contributed by atoms with E-state index in [1.165, 1.54) is 231 Å². The maximum Gasteiger partial charge on any atom is 0.306 e. The van der Waals surface area contributed by atoms with E-state index in [4.69, 9.17) is 14.2 Å². The topological polar surface area (TPSA) is 78.9 Å². The molecule has 67 heavy (non-hydrogen) atoms. The lowest BCUT2D eigenvalue weighted by atomic mass is 10.0. The van der Waals surface area contributed by atoms with Crippen LogP contribution >= 0.6 is 0 Å². The molecule has 0 radical (unpaired) electrons. The molecule has 0 fully saturated rings. The van der Waals surface area contributed by atoms with E-state index in [1.807, 2.05) is 0 Å². The molecule has 0 aromatic rings. The highest BCUT2D eigenvalue weighted by molar-refractivity contribution is 5.71. The van der Waals surface area contributed by atoms with E-state index in [0.717, 1.165) is 69.6 Å². The van der Waals surface area contributed by atoms with Crippen molar-refractivity contribution in [2.24, 2.45) is 11.8 Å². The maximum absolute atomic E-state index is 12.8. The minimum Gasteiger partial charge on any atom is -0.462 e. The lowest BCUT2D eigenvalue weighted by Crippen LogP contribution is -2.30. The first-order valence-corrected chi connectivity index (χ1v) is 30.2. The van der Waals surface area contributed by atoms with Crippen molar-refractivity contribution in [3.8, 4) is 0 Å². The molecule has 0 amide bonds. The summed E-state index contributed by atoms with van der Waals surface area (Å²) in [7, 11) is 0. The lowest BCUT2D eigenvalue weighted by molar-refractivity contribution is -0.167. The molecule has 0 aliphatic carbocycles. The molecule has 0 heterocycles. The zero-order valence-corrected chi connectivity index (χ0v) is 46.0. The molecule has 0 aliphatic heterocycles. The molecular formula is C61H118O6. The summed E-state index contributed by atoms with van der Waals surface area (Å²) < 4.78 is 16.9. The lowest BCUT2D eigenvalue weighted by Gasteiger charge is -2.18. The third kappa shape index (κ3) is 55.2. The Balaban J connectivity index is 4.24. The van der Waals surface area contributed by atoms with Gasteiger partial charge in [-0.15, -0.1) is 0 Å². The van der Waals surface area contributed by atoms with Gasteiger partial charge in [0.1, 0.15) is 13.2 Å². The van der Waals surface area contributed by atoms with Crippen LogP contribution in [-0.4, -0.2) is 37.2 Å². The summed E-state index contributed by atoms with van der Waals surface area (Å²) in [5.74, 6) is 0.838. The van der Waals surface area contributed by atoms with Crippen LogP contribution in [0.4, 0.5) is 0 Å². The molecule has 0 rings (SSSR count). The van der Waals surface area contributed by atoms with Crippen LogP contribution < -0.4 is 0 Å². The van der Waals surface area contributed by atoms with E-state index in [-0.39, 0.29) is 31.1 Å². The molecule has 0 saturated carbocycles. The van der Waals surface area contributed by atoms with Crippen LogP contribution in [0.1, 0.15) is 343 Å². The van der Waals surface area contributed by atoms with Gasteiger partial charge in [0.2, 0.25) is 0 Å². The minimum atomic E-state index is -0.763. The number of rotatable bonds is 55. The highest BCUT2D eigenvalue weighted by atomic mass is 16.6. The Hall–Kier alpha value is -1.59. The van der Waals surface area contributed by atoms with Gasteiger partial charge in [-0.1, -0.05) is 304 Å². The third-order valence-corrected chi connectivity index (χ3v) is 14.0. The second-order valence-corrected chi connectivity index (χ2v) is 21.9. The summed E-state index contributed by atoms with van der Waals surface area (Å²) in [5.41, 5.74) is 0. The highest BCUT2D eigenvalue weighted by Gasteiger charge is 2.19. The summed E-state index contributed by atoms with van der Waals surface area (Å²) in [6.45, 7) is 11.4. The first kappa shape index (κ1) is 65.4. The second-order valence-electron chi connectivity index (χ2n) is 21.9. The van der Waals surface area contributed by atoms with Gasteiger partial charge in [0.25, 0.3) is 0 Å². The van der Waals surface area contributed by atoms with Crippen molar-refractivity contribution in [1.82, 2.24) is 0 Å². The molecule has 0 aromatic heterocycles. The van der Waals surface area contributed by atoms with Gasteiger partial charge < -0.3 is 14.2 Å². The molecule has 0 saturated heterocycles. The van der Waals surface area contributed by atoms with Crippen molar-refractivity contribution in [2.75, 3.05) is 13.2 Å². The van der Waals surface area contributed by atoms with Crippen LogP contribution in [0.25, 0.3) is 0 Å². The molecule has 0 spiro atoms. The van der Waals surface area contributed by atoms with Gasteiger partial charge in [0.15, 0.2) is 6.10 Å². The second kappa shape index (κ2) is 53.8. The van der Waals surface area contributed by atoms with Crippen LogP contribution in [0.3, 0.4) is 0 Å². The molecular weight excluding hydrogens is 829 g/mol. The maximum atomic E-state index is 12.8. The van der Waals surface area contributed by atoms with Gasteiger partial charge in [0, 0.05) is 19.3 Å². The standard InChI is InChI=1S/C61H118O6/c1-6-7-8-9-10-11-12-13-18-22-25-31-36-41-46-51-59(62)65-54-58(67-61(64)53-48-43-38-33-28-27-30-35-40-45-50-57(4)5)55-66-60(63)52-47-42-37-32-26-23-20-17-15-14-16-19-21-24-29-34-39-44-49-56(2)3/h56-58H,6-55H2,1-5H3/t58-/m1/s1. The Bertz CT molecular complexity index is 1020. The van der Waals surface area contributed by atoms with Crippen LogP contribution in [0, 0.1) is 11.8 Å². The molecule has 6 nitrogen and oxygen atoms in total. The molecule has 0 aromatic carbocycles. The largest absolute Gasteiger partial charge is 0.462 e. The van der Waals surface area contributed by atoms with Gasteiger partial charge in [-0.3, -0.25) is 14.4 Å². The summed E-state index contributed by atoms with van der Waals surface area (Å²) in [6, 6.07) is 0. The SMILES string of the molecule is CCCCCCCCCCCCCCCCCC(=O)OC[C@H](COC(=O)CCCCCCCCCCCCCCCCCCCCC(C)C)OC(=O)CCCCCCCCCCCCC(C)C. The van der Waals surface area contributed by atoms with Gasteiger partial charge >= 0.3 is 17.9 Å². The smallest absolute Gasteiger partial charge is 0.306 e. The Morgan fingerprint density at radius 3 is 0.731 bits per heavy atom. The fraction of sp³-hybridized carbons (Fsp3) is 0.951. The van der Waals surface area contributed by atoms with Gasteiger partial charge in [-0.2, -0.15) is 0 Å². The Kier molecular flexibility index (Phi) is 52.5. The van der Waals surface area contributed by atoms with Crippen molar-refractivity contribution < 1.29 is 28.6 Å². The van der Waals surface area contributed by atoms with Crippen LogP contribution in [-0.2, 0) is 28.6 Å². The number of unbranched alkanes of at least 4 members (excludes halogenated alkanes) is 40. The molecule has 0 unspecified atom stereocenters. The van der Waals surface area contributed by atoms with Crippen molar-refractivity contribution >= 4 is 17.9 Å². The summed E-state index contributed by atoms with van der Waals surface area (Å²) in [4.78, 5) is 38.2. The van der Waals surface area contributed by atoms with Crippen LogP contribution in [0.2, 0.25) is 0 Å². The monoisotopic (exact) mass is 947 g/mol. The van der Waals surface area contributed by atoms with E-state index in [2.05, 4.69) is 34.6 Å². The number of esters is 3. The zero-order chi connectivity index (χ0) is 48.9. The highest BCUT2D eigenvalue weighted by Crippen LogP contribution is 2.18. The quantitative estimate of drug-likeness (QED) is 0.0343. The van der Waals surface area contributed by atoms with Crippen molar-refractivity contribution in [1.29, 1.82) is 0 Å². The van der Waals surface area contributed by atoms with Crippen molar-refractivity contribution in [3.63, 3.8) is 0 Å². The number of hydrogen-bond acceptors (Lipinski definition) is 6. The average Bonchev–Trinajstić information content (AvgIpc) is 3.30. The van der Waals surface area contributed by atoms with E-state index >= 15 is 0 Å². The predicted octanol–water partition coefficient (Wildman–Crippen LogP) is 20.0. The Morgan fingerprint density at radius 1 is 0.284 bits per heavy atom. The molecule has 0 bridgehead atoms. The van der Waals surface area contributed by atoms with Gasteiger partial charge in [-0.25, -0.2) is 0 Å². The number of carbonyl (C=O) groups excluding carboxylic acids is 3. The summed E-state index contributed by atoms with van der Waals surface area (Å²) in [6.07, 6.45) is 58.2.